The number of hydrogen-bond acceptors (Lipinski definition) is 3. The maximum absolute atomic E-state index is 3.97. The molecule has 0 aliphatic carbocycles. The van der Waals surface area contributed by atoms with Crippen molar-refractivity contribution in [2.45, 2.75) is 0 Å². The fourth-order valence-electron chi connectivity index (χ4n) is 0.715. The lowest BCUT2D eigenvalue weighted by Crippen LogP contribution is -1.83. The van der Waals surface area contributed by atoms with Gasteiger partial charge in [-0.05, 0) is 6.07 Å². The Hall–Kier alpha value is -1.51. The maximum Gasteiger partial charge on any atom is 0.178 e. The van der Waals surface area contributed by atoms with E-state index in [1.165, 1.54) is 6.20 Å². The van der Waals surface area contributed by atoms with Crippen molar-refractivity contribution in [1.82, 2.24) is 15.0 Å². The van der Waals surface area contributed by atoms with Gasteiger partial charge in [0, 0.05) is 12.3 Å². The molecular weight excluding hydrogens is 126 g/mol. The smallest absolute Gasteiger partial charge is 0.178 e. The summed E-state index contributed by atoms with van der Waals surface area (Å²) in [5.41, 5.74) is 1.36. The standard InChI is InChI=1S/C7H3N3/c1-2-6-7(9-3-1)10-5-4-8-6/h2-4H. The normalized spacial score (nSPS) is 10.0. The zero-order valence-electron chi connectivity index (χ0n) is 5.07. The Kier molecular flexibility index (Phi) is 1.07. The SMILES string of the molecule is [c]1cnc2n[c]cnc2c1. The Morgan fingerprint density at radius 3 is 3.10 bits per heavy atom. The minimum Gasteiger partial charge on any atom is -0.251 e. The van der Waals surface area contributed by atoms with E-state index in [1.807, 2.05) is 0 Å². The van der Waals surface area contributed by atoms with Crippen LogP contribution in [0.25, 0.3) is 11.2 Å². The third-order valence-corrected chi connectivity index (χ3v) is 1.14. The second-order valence-electron chi connectivity index (χ2n) is 1.78. The highest BCUT2D eigenvalue weighted by Crippen LogP contribution is 1.99. The van der Waals surface area contributed by atoms with Crippen molar-refractivity contribution in [3.05, 3.63) is 30.7 Å². The molecule has 0 N–H and O–H groups in total. The van der Waals surface area contributed by atoms with E-state index in [1.54, 1.807) is 12.3 Å². The summed E-state index contributed by atoms with van der Waals surface area (Å²) in [5.74, 6) is 0. The molecule has 0 aromatic carbocycles. The quantitative estimate of drug-likeness (QED) is 0.523. The highest BCUT2D eigenvalue weighted by molar-refractivity contribution is 5.67. The summed E-state index contributed by atoms with van der Waals surface area (Å²) in [4.78, 5) is 11.8. The average Bonchev–Trinajstić information content (AvgIpc) is 2.05. The molecule has 0 amide bonds. The van der Waals surface area contributed by atoms with Crippen molar-refractivity contribution in [2.75, 3.05) is 0 Å². The predicted molar refractivity (Wildman–Crippen MR) is 35.0 cm³/mol. The van der Waals surface area contributed by atoms with Crippen LogP contribution in [0.15, 0.2) is 18.5 Å². The number of nitrogens with zero attached hydrogens (tertiary/aromatic N) is 3. The molecule has 3 heteroatoms. The van der Waals surface area contributed by atoms with E-state index in [0.29, 0.717) is 5.65 Å². The Bertz CT molecular complexity index is 280. The lowest BCUT2D eigenvalue weighted by molar-refractivity contribution is 1.21. The van der Waals surface area contributed by atoms with E-state index in [-0.39, 0.29) is 0 Å². The molecule has 0 atom stereocenters. The topological polar surface area (TPSA) is 38.7 Å². The van der Waals surface area contributed by atoms with Crippen LogP contribution in [0.1, 0.15) is 0 Å². The van der Waals surface area contributed by atoms with Crippen molar-refractivity contribution < 1.29 is 0 Å². The Labute approximate surface area is 57.8 Å². The van der Waals surface area contributed by atoms with Gasteiger partial charge in [0.05, 0.1) is 6.20 Å². The van der Waals surface area contributed by atoms with Gasteiger partial charge < -0.3 is 0 Å². The Morgan fingerprint density at radius 1 is 1.20 bits per heavy atom. The van der Waals surface area contributed by atoms with Gasteiger partial charge in [-0.1, -0.05) is 0 Å². The van der Waals surface area contributed by atoms with Crippen molar-refractivity contribution in [3.63, 3.8) is 0 Å². The van der Waals surface area contributed by atoms with Crippen LogP contribution in [0.3, 0.4) is 0 Å². The molecule has 0 unspecified atom stereocenters. The highest BCUT2D eigenvalue weighted by atomic mass is 14.9. The fourth-order valence-corrected chi connectivity index (χ4v) is 0.715. The van der Waals surface area contributed by atoms with E-state index >= 15 is 0 Å². The van der Waals surface area contributed by atoms with Crippen LogP contribution in [0.4, 0.5) is 0 Å². The molecule has 10 heavy (non-hydrogen) atoms. The number of pyridine rings is 1. The molecule has 2 aromatic heterocycles. The number of aromatic nitrogens is 3. The average molecular weight is 129 g/mol. The third-order valence-electron chi connectivity index (χ3n) is 1.14. The minimum absolute atomic E-state index is 0.612. The molecule has 0 saturated carbocycles. The third kappa shape index (κ3) is 0.719. The van der Waals surface area contributed by atoms with Gasteiger partial charge in [-0.25, -0.2) is 9.97 Å². The molecule has 0 aliphatic rings. The molecule has 0 fully saturated rings. The van der Waals surface area contributed by atoms with Crippen LogP contribution < -0.4 is 0 Å². The van der Waals surface area contributed by atoms with Crippen LogP contribution in [0.2, 0.25) is 0 Å². The molecule has 3 nitrogen and oxygen atoms in total. The summed E-state index contributed by atoms with van der Waals surface area (Å²) >= 11 is 0. The summed E-state index contributed by atoms with van der Waals surface area (Å²) in [6, 6.07) is 4.55. The van der Waals surface area contributed by atoms with Crippen LogP contribution in [0.5, 0.6) is 0 Å². The Morgan fingerprint density at radius 2 is 2.20 bits per heavy atom. The molecule has 2 aromatic rings. The first-order valence-electron chi connectivity index (χ1n) is 2.82. The van der Waals surface area contributed by atoms with Gasteiger partial charge in [0.2, 0.25) is 0 Å². The molecular formula is C7H3N3. The lowest BCUT2D eigenvalue weighted by Gasteiger charge is -1.88. The van der Waals surface area contributed by atoms with Crippen LogP contribution in [-0.4, -0.2) is 15.0 Å². The molecule has 46 valence electrons. The molecule has 0 saturated heterocycles. The van der Waals surface area contributed by atoms with Crippen LogP contribution in [0, 0.1) is 12.3 Å². The van der Waals surface area contributed by atoms with E-state index in [0.717, 1.165) is 5.52 Å². The lowest BCUT2D eigenvalue weighted by atomic mass is 10.4. The van der Waals surface area contributed by atoms with E-state index in [4.69, 9.17) is 0 Å². The monoisotopic (exact) mass is 129 g/mol. The van der Waals surface area contributed by atoms with Gasteiger partial charge in [-0.15, -0.1) is 0 Å². The summed E-state index contributed by atoms with van der Waals surface area (Å²) in [5, 5.41) is 0. The second-order valence-corrected chi connectivity index (χ2v) is 1.78. The van der Waals surface area contributed by atoms with Gasteiger partial charge >= 0.3 is 0 Å². The number of fused-ring (bicyclic) bond motifs is 1. The van der Waals surface area contributed by atoms with E-state index in [2.05, 4.69) is 27.2 Å². The van der Waals surface area contributed by atoms with Gasteiger partial charge in [0.15, 0.2) is 5.65 Å². The Balaban J connectivity index is 2.89. The minimum atomic E-state index is 0.612. The van der Waals surface area contributed by atoms with Crippen LogP contribution >= 0.6 is 0 Å². The van der Waals surface area contributed by atoms with E-state index in [9.17, 15) is 0 Å². The summed E-state index contributed by atoms with van der Waals surface area (Å²) in [6.45, 7) is 0. The number of hydrogen-bond donors (Lipinski definition) is 0. The second kappa shape index (κ2) is 2.02. The summed E-state index contributed by atoms with van der Waals surface area (Å²) in [6.07, 6.45) is 5.67. The van der Waals surface area contributed by atoms with Crippen LogP contribution in [-0.2, 0) is 0 Å². The first kappa shape index (κ1) is 5.29. The first-order valence-corrected chi connectivity index (χ1v) is 2.82. The van der Waals surface area contributed by atoms with Crippen molar-refractivity contribution in [1.29, 1.82) is 0 Å². The van der Waals surface area contributed by atoms with Crippen molar-refractivity contribution in [2.24, 2.45) is 0 Å². The predicted octanol–water partition coefficient (Wildman–Crippen LogP) is 0.625. The van der Waals surface area contributed by atoms with Crippen molar-refractivity contribution >= 4 is 11.2 Å². The molecule has 2 heterocycles. The highest BCUT2D eigenvalue weighted by Gasteiger charge is 1.90. The zero-order valence-corrected chi connectivity index (χ0v) is 5.07. The zero-order chi connectivity index (χ0) is 6.81. The molecule has 0 bridgehead atoms. The fraction of sp³-hybridized carbons (Fsp3) is 0. The molecule has 0 spiro atoms. The summed E-state index contributed by atoms with van der Waals surface area (Å²) < 4.78 is 0. The van der Waals surface area contributed by atoms with E-state index < -0.39 is 0 Å². The molecule has 2 radical (unpaired) electrons. The van der Waals surface area contributed by atoms with Gasteiger partial charge in [0.25, 0.3) is 0 Å². The molecule has 2 rings (SSSR count). The first-order chi connectivity index (χ1) is 4.97. The number of rotatable bonds is 0. The van der Waals surface area contributed by atoms with Crippen molar-refractivity contribution in [3.8, 4) is 0 Å². The maximum atomic E-state index is 3.97. The van der Waals surface area contributed by atoms with Gasteiger partial charge in [0.1, 0.15) is 11.7 Å². The summed E-state index contributed by atoms with van der Waals surface area (Å²) in [7, 11) is 0. The van der Waals surface area contributed by atoms with Gasteiger partial charge in [-0.3, -0.25) is 4.98 Å². The largest absolute Gasteiger partial charge is 0.251 e. The van der Waals surface area contributed by atoms with Gasteiger partial charge in [-0.2, -0.15) is 0 Å². The molecule has 0 aliphatic heterocycles.